The Labute approximate surface area is 146 Å². The molecule has 0 aliphatic carbocycles. The number of hydrogen-bond acceptors (Lipinski definition) is 7. The van der Waals surface area contributed by atoms with E-state index in [4.69, 9.17) is 21.1 Å². The van der Waals surface area contributed by atoms with E-state index in [1.807, 2.05) is 24.3 Å². The molecule has 134 valence electrons. The van der Waals surface area contributed by atoms with Crippen LogP contribution in [0, 0.1) is 5.92 Å². The van der Waals surface area contributed by atoms with Crippen molar-refractivity contribution in [3.8, 4) is 11.5 Å². The van der Waals surface area contributed by atoms with Gasteiger partial charge in [0, 0.05) is 6.54 Å². The molecule has 8 nitrogen and oxygen atoms in total. The zero-order valence-electron chi connectivity index (χ0n) is 14.1. The third-order valence-corrected chi connectivity index (χ3v) is 4.99. The summed E-state index contributed by atoms with van der Waals surface area (Å²) in [5, 5.41) is 4.13. The van der Waals surface area contributed by atoms with Crippen LogP contribution in [0.25, 0.3) is 0 Å². The number of ether oxygens (including phenoxy) is 2. The molecule has 2 aromatic rings. The SMILES string of the molecule is NC(c1ncn(N)n1)C1CCN(CC2COc3ccccc3O2)CC1. The van der Waals surface area contributed by atoms with E-state index in [2.05, 4.69) is 15.0 Å². The molecule has 1 aromatic heterocycles. The number of nitrogen functional groups attached to an aromatic ring is 1. The van der Waals surface area contributed by atoms with Crippen molar-refractivity contribution < 1.29 is 9.47 Å². The van der Waals surface area contributed by atoms with Gasteiger partial charge in [-0.15, -0.1) is 5.10 Å². The van der Waals surface area contributed by atoms with Crippen LogP contribution < -0.4 is 21.1 Å². The maximum Gasteiger partial charge on any atom is 0.169 e. The number of nitrogens with zero attached hydrogens (tertiary/aromatic N) is 4. The van der Waals surface area contributed by atoms with Gasteiger partial charge in [-0.3, -0.25) is 4.90 Å². The molecule has 0 spiro atoms. The zero-order valence-corrected chi connectivity index (χ0v) is 14.1. The van der Waals surface area contributed by atoms with Gasteiger partial charge in [0.05, 0.1) is 6.04 Å². The van der Waals surface area contributed by atoms with E-state index in [1.165, 1.54) is 11.1 Å². The fraction of sp³-hybridized carbons (Fsp3) is 0.529. The van der Waals surface area contributed by atoms with E-state index in [-0.39, 0.29) is 12.1 Å². The number of para-hydroxylation sites is 2. The second-order valence-electron chi connectivity index (χ2n) is 6.74. The third-order valence-electron chi connectivity index (χ3n) is 4.99. The smallest absolute Gasteiger partial charge is 0.169 e. The van der Waals surface area contributed by atoms with Gasteiger partial charge >= 0.3 is 0 Å². The Morgan fingerprint density at radius 1 is 1.20 bits per heavy atom. The largest absolute Gasteiger partial charge is 0.486 e. The number of rotatable bonds is 4. The summed E-state index contributed by atoms with van der Waals surface area (Å²) in [4.78, 5) is 7.80. The molecule has 1 fully saturated rings. The number of piperidine rings is 1. The van der Waals surface area contributed by atoms with Gasteiger partial charge in [0.15, 0.2) is 17.3 Å². The van der Waals surface area contributed by atoms with Crippen molar-refractivity contribution in [3.05, 3.63) is 36.4 Å². The van der Waals surface area contributed by atoms with Crippen LogP contribution in [0.5, 0.6) is 11.5 Å². The number of nitrogens with two attached hydrogens (primary N) is 2. The average Bonchev–Trinajstić information content (AvgIpc) is 3.08. The Hall–Kier alpha value is -2.32. The van der Waals surface area contributed by atoms with Crippen molar-refractivity contribution >= 4 is 0 Å². The molecule has 1 saturated heterocycles. The van der Waals surface area contributed by atoms with Crippen molar-refractivity contribution in [2.75, 3.05) is 32.1 Å². The first-order chi connectivity index (χ1) is 12.2. The number of fused-ring (bicyclic) bond motifs is 1. The Morgan fingerprint density at radius 3 is 2.68 bits per heavy atom. The van der Waals surface area contributed by atoms with Gasteiger partial charge in [-0.25, -0.2) is 4.98 Å². The summed E-state index contributed by atoms with van der Waals surface area (Å²) in [6, 6.07) is 7.66. The van der Waals surface area contributed by atoms with Crippen LogP contribution >= 0.6 is 0 Å². The van der Waals surface area contributed by atoms with Gasteiger partial charge in [0.1, 0.15) is 19.0 Å². The van der Waals surface area contributed by atoms with Gasteiger partial charge in [-0.05, 0) is 44.0 Å². The lowest BCUT2D eigenvalue weighted by molar-refractivity contribution is 0.0458. The highest BCUT2D eigenvalue weighted by Crippen LogP contribution is 2.32. The minimum absolute atomic E-state index is 0.0646. The summed E-state index contributed by atoms with van der Waals surface area (Å²) in [5.74, 6) is 8.23. The van der Waals surface area contributed by atoms with E-state index in [0.717, 1.165) is 44.0 Å². The summed E-state index contributed by atoms with van der Waals surface area (Å²) in [7, 11) is 0. The first-order valence-electron chi connectivity index (χ1n) is 8.72. The lowest BCUT2D eigenvalue weighted by Crippen LogP contribution is -2.45. The average molecular weight is 344 g/mol. The molecule has 4 rings (SSSR count). The van der Waals surface area contributed by atoms with Crippen LogP contribution in [0.15, 0.2) is 30.6 Å². The fourth-order valence-electron chi connectivity index (χ4n) is 3.59. The predicted molar refractivity (Wildman–Crippen MR) is 92.6 cm³/mol. The lowest BCUT2D eigenvalue weighted by atomic mass is 9.89. The highest BCUT2D eigenvalue weighted by Gasteiger charge is 2.30. The minimum Gasteiger partial charge on any atom is -0.486 e. The molecule has 0 radical (unpaired) electrons. The monoisotopic (exact) mass is 344 g/mol. The molecule has 1 aromatic carbocycles. The summed E-state index contributed by atoms with van der Waals surface area (Å²) in [6.07, 6.45) is 3.59. The summed E-state index contributed by atoms with van der Waals surface area (Å²) >= 11 is 0. The molecule has 2 atom stereocenters. The van der Waals surface area contributed by atoms with Crippen LogP contribution in [0.4, 0.5) is 0 Å². The predicted octanol–water partition coefficient (Wildman–Crippen LogP) is 0.544. The van der Waals surface area contributed by atoms with Crippen molar-refractivity contribution in [1.29, 1.82) is 0 Å². The first kappa shape index (κ1) is 16.2. The molecular formula is C17H24N6O2. The number of benzene rings is 1. The molecule has 2 unspecified atom stereocenters. The molecule has 2 aliphatic heterocycles. The topological polar surface area (TPSA) is 104 Å². The van der Waals surface area contributed by atoms with E-state index < -0.39 is 0 Å². The van der Waals surface area contributed by atoms with Gasteiger partial charge in [-0.1, -0.05) is 12.1 Å². The number of likely N-dealkylation sites (tertiary alicyclic amines) is 1. The summed E-state index contributed by atoms with van der Waals surface area (Å²) < 4.78 is 11.8. The molecule has 0 amide bonds. The van der Waals surface area contributed by atoms with Crippen molar-refractivity contribution in [2.24, 2.45) is 11.7 Å². The molecule has 25 heavy (non-hydrogen) atoms. The maximum atomic E-state index is 6.31. The molecule has 4 N–H and O–H groups in total. The summed E-state index contributed by atoms with van der Waals surface area (Å²) in [6.45, 7) is 3.44. The Morgan fingerprint density at radius 2 is 1.96 bits per heavy atom. The van der Waals surface area contributed by atoms with Crippen LogP contribution in [0.3, 0.4) is 0 Å². The van der Waals surface area contributed by atoms with E-state index in [9.17, 15) is 0 Å². The molecule has 0 saturated carbocycles. The molecule has 3 heterocycles. The standard InChI is InChI=1S/C17H24N6O2/c18-16(17-20-11-23(19)21-17)12-5-7-22(8-6-12)9-13-10-24-14-3-1-2-4-15(14)25-13/h1-4,11-13,16H,5-10,18-19H2. The summed E-state index contributed by atoms with van der Waals surface area (Å²) in [5.41, 5.74) is 6.31. The fourth-order valence-corrected chi connectivity index (χ4v) is 3.59. The quantitative estimate of drug-likeness (QED) is 0.780. The highest BCUT2D eigenvalue weighted by atomic mass is 16.6. The van der Waals surface area contributed by atoms with Gasteiger partial charge in [0.25, 0.3) is 0 Å². The first-order valence-corrected chi connectivity index (χ1v) is 8.72. The van der Waals surface area contributed by atoms with E-state index in [0.29, 0.717) is 18.3 Å². The third kappa shape index (κ3) is 3.54. The number of aromatic nitrogens is 3. The van der Waals surface area contributed by atoms with Gasteiger partial charge in [-0.2, -0.15) is 4.79 Å². The second-order valence-corrected chi connectivity index (χ2v) is 6.74. The Kier molecular flexibility index (Phi) is 4.46. The highest BCUT2D eigenvalue weighted by molar-refractivity contribution is 5.40. The Balaban J connectivity index is 1.28. The maximum absolute atomic E-state index is 6.31. The number of hydrogen-bond donors (Lipinski definition) is 2. The zero-order chi connectivity index (χ0) is 17.2. The van der Waals surface area contributed by atoms with E-state index in [1.54, 1.807) is 0 Å². The normalized spacial score (nSPS) is 22.7. The van der Waals surface area contributed by atoms with Crippen LogP contribution in [0.1, 0.15) is 24.7 Å². The van der Waals surface area contributed by atoms with Crippen LogP contribution in [-0.4, -0.2) is 52.1 Å². The molecular weight excluding hydrogens is 320 g/mol. The molecule has 0 bridgehead atoms. The Bertz CT molecular complexity index is 713. The van der Waals surface area contributed by atoms with Gasteiger partial charge in [0.2, 0.25) is 0 Å². The van der Waals surface area contributed by atoms with Crippen LogP contribution in [-0.2, 0) is 0 Å². The van der Waals surface area contributed by atoms with Crippen molar-refractivity contribution in [2.45, 2.75) is 25.0 Å². The van der Waals surface area contributed by atoms with Crippen molar-refractivity contribution in [1.82, 2.24) is 19.8 Å². The molecule has 2 aliphatic rings. The molecule has 8 heteroatoms. The van der Waals surface area contributed by atoms with Crippen LogP contribution in [0.2, 0.25) is 0 Å². The lowest BCUT2D eigenvalue weighted by Gasteiger charge is -2.36. The second kappa shape index (κ2) is 6.89. The van der Waals surface area contributed by atoms with Crippen molar-refractivity contribution in [3.63, 3.8) is 0 Å². The minimum atomic E-state index is -0.159. The van der Waals surface area contributed by atoms with Gasteiger partial charge < -0.3 is 21.1 Å². The van der Waals surface area contributed by atoms with E-state index >= 15 is 0 Å².